The van der Waals surface area contributed by atoms with Crippen LogP contribution in [0.25, 0.3) is 0 Å². The molecular weight excluding hydrogens is 338 g/mol. The summed E-state index contributed by atoms with van der Waals surface area (Å²) < 4.78 is 2.39. The van der Waals surface area contributed by atoms with Crippen molar-refractivity contribution in [1.29, 1.82) is 0 Å². The highest BCUT2D eigenvalue weighted by molar-refractivity contribution is 9.13. The lowest BCUT2D eigenvalue weighted by Crippen LogP contribution is -2.20. The number of thiophene rings is 1. The molecule has 0 spiro atoms. The molecule has 0 bridgehead atoms. The van der Waals surface area contributed by atoms with Crippen molar-refractivity contribution in [3.05, 3.63) is 19.2 Å². The van der Waals surface area contributed by atoms with E-state index in [-0.39, 0.29) is 0 Å². The summed E-state index contributed by atoms with van der Waals surface area (Å²) in [7, 11) is 0. The molecular formula is C11H15Br2NS. The van der Waals surface area contributed by atoms with E-state index in [0.29, 0.717) is 6.04 Å². The normalized spacial score (nSPS) is 18.1. The van der Waals surface area contributed by atoms with E-state index >= 15 is 0 Å². The van der Waals surface area contributed by atoms with Crippen LogP contribution in [0.15, 0.2) is 14.3 Å². The molecule has 4 heteroatoms. The minimum Gasteiger partial charge on any atom is -0.310 e. The fourth-order valence-electron chi connectivity index (χ4n) is 1.77. The van der Waals surface area contributed by atoms with Gasteiger partial charge in [0.2, 0.25) is 0 Å². The zero-order valence-corrected chi connectivity index (χ0v) is 12.7. The second-order valence-corrected chi connectivity index (χ2v) is 7.32. The highest BCUT2D eigenvalue weighted by Crippen LogP contribution is 2.41. The molecule has 1 aliphatic carbocycles. The van der Waals surface area contributed by atoms with E-state index in [1.54, 1.807) is 0 Å². The van der Waals surface area contributed by atoms with E-state index in [0.717, 1.165) is 12.5 Å². The Bertz CT molecular complexity index is 314. The van der Waals surface area contributed by atoms with Crippen molar-refractivity contribution in [2.75, 3.05) is 6.54 Å². The van der Waals surface area contributed by atoms with Gasteiger partial charge in [-0.3, -0.25) is 0 Å². The van der Waals surface area contributed by atoms with Gasteiger partial charge < -0.3 is 5.32 Å². The number of rotatable bonds is 5. The van der Waals surface area contributed by atoms with Gasteiger partial charge in [0.05, 0.1) is 3.79 Å². The molecule has 1 aromatic rings. The molecule has 0 amide bonds. The Balaban J connectivity index is 2.07. The maximum Gasteiger partial charge on any atom is 0.0843 e. The first kappa shape index (κ1) is 12.1. The van der Waals surface area contributed by atoms with E-state index in [2.05, 4.69) is 50.2 Å². The zero-order chi connectivity index (χ0) is 10.8. The van der Waals surface area contributed by atoms with Crippen molar-refractivity contribution >= 4 is 43.2 Å². The maximum absolute atomic E-state index is 3.58. The predicted molar refractivity (Wildman–Crippen MR) is 73.5 cm³/mol. The quantitative estimate of drug-likeness (QED) is 0.808. The van der Waals surface area contributed by atoms with Crippen molar-refractivity contribution in [2.24, 2.45) is 5.92 Å². The summed E-state index contributed by atoms with van der Waals surface area (Å²) in [6.45, 7) is 3.22. The molecule has 1 saturated carbocycles. The lowest BCUT2D eigenvalue weighted by atomic mass is 10.1. The molecule has 84 valence electrons. The van der Waals surface area contributed by atoms with Gasteiger partial charge in [-0.25, -0.2) is 0 Å². The van der Waals surface area contributed by atoms with Gasteiger partial charge in [-0.2, -0.15) is 0 Å². The van der Waals surface area contributed by atoms with Crippen LogP contribution in [0, 0.1) is 5.92 Å². The highest BCUT2D eigenvalue weighted by atomic mass is 79.9. The standard InChI is InChI=1S/C11H15Br2NS/c1-2-14-9(5-7-3-4-7)10-6-8(12)11(13)15-10/h6-7,9,14H,2-5H2,1H3. The van der Waals surface area contributed by atoms with Crippen molar-refractivity contribution in [3.63, 3.8) is 0 Å². The smallest absolute Gasteiger partial charge is 0.0843 e. The fraction of sp³-hybridized carbons (Fsp3) is 0.636. The second-order valence-electron chi connectivity index (χ2n) is 4.06. The third kappa shape index (κ3) is 3.29. The Morgan fingerprint density at radius 1 is 1.53 bits per heavy atom. The average molecular weight is 353 g/mol. The van der Waals surface area contributed by atoms with Crippen LogP contribution in [-0.4, -0.2) is 6.54 Å². The zero-order valence-electron chi connectivity index (χ0n) is 8.72. The SMILES string of the molecule is CCNC(CC1CC1)c1cc(Br)c(Br)s1. The maximum atomic E-state index is 3.58. The van der Waals surface area contributed by atoms with E-state index in [1.807, 2.05) is 11.3 Å². The molecule has 2 rings (SSSR count). The number of halogens is 2. The molecule has 0 radical (unpaired) electrons. The molecule has 15 heavy (non-hydrogen) atoms. The van der Waals surface area contributed by atoms with Gasteiger partial charge in [0.25, 0.3) is 0 Å². The second kappa shape index (κ2) is 5.30. The van der Waals surface area contributed by atoms with Crippen LogP contribution in [0.4, 0.5) is 0 Å². The highest BCUT2D eigenvalue weighted by Gasteiger charge is 2.26. The molecule has 0 aromatic carbocycles. The minimum atomic E-state index is 0.551. The van der Waals surface area contributed by atoms with Gasteiger partial charge >= 0.3 is 0 Å². The Labute approximate surface area is 112 Å². The van der Waals surface area contributed by atoms with Crippen LogP contribution in [-0.2, 0) is 0 Å². The van der Waals surface area contributed by atoms with E-state index in [4.69, 9.17) is 0 Å². The summed E-state index contributed by atoms with van der Waals surface area (Å²) in [5.74, 6) is 0.966. The first-order chi connectivity index (χ1) is 7.20. The van der Waals surface area contributed by atoms with E-state index in [1.165, 1.54) is 32.4 Å². The first-order valence-electron chi connectivity index (χ1n) is 5.38. The van der Waals surface area contributed by atoms with E-state index in [9.17, 15) is 0 Å². The summed E-state index contributed by atoms with van der Waals surface area (Å²) in [6.07, 6.45) is 4.15. The number of hydrogen-bond acceptors (Lipinski definition) is 2. The van der Waals surface area contributed by atoms with Crippen LogP contribution in [0.1, 0.15) is 37.1 Å². The van der Waals surface area contributed by atoms with Gasteiger partial charge in [-0.05, 0) is 56.8 Å². The Morgan fingerprint density at radius 2 is 2.27 bits per heavy atom. The third-order valence-electron chi connectivity index (χ3n) is 2.72. The summed E-state index contributed by atoms with van der Waals surface area (Å²) in [5.41, 5.74) is 0. The van der Waals surface area contributed by atoms with Crippen molar-refractivity contribution in [3.8, 4) is 0 Å². The Morgan fingerprint density at radius 3 is 2.73 bits per heavy atom. The molecule has 1 aliphatic rings. The lowest BCUT2D eigenvalue weighted by Gasteiger charge is -2.15. The summed E-state index contributed by atoms with van der Waals surface area (Å²) >= 11 is 8.95. The molecule has 0 saturated heterocycles. The Hall–Kier alpha value is 0.620. The van der Waals surface area contributed by atoms with Gasteiger partial charge in [0, 0.05) is 15.4 Å². The molecule has 1 nitrogen and oxygen atoms in total. The number of hydrogen-bond donors (Lipinski definition) is 1. The van der Waals surface area contributed by atoms with Crippen LogP contribution in [0.3, 0.4) is 0 Å². The van der Waals surface area contributed by atoms with Gasteiger partial charge in [0.15, 0.2) is 0 Å². The third-order valence-corrected chi connectivity index (χ3v) is 6.09. The van der Waals surface area contributed by atoms with E-state index < -0.39 is 0 Å². The molecule has 1 atom stereocenters. The monoisotopic (exact) mass is 351 g/mol. The summed E-state index contributed by atoms with van der Waals surface area (Å²) in [5, 5.41) is 3.58. The van der Waals surface area contributed by atoms with Crippen LogP contribution < -0.4 is 5.32 Å². The minimum absolute atomic E-state index is 0.551. The summed E-state index contributed by atoms with van der Waals surface area (Å²) in [4.78, 5) is 1.45. The first-order valence-corrected chi connectivity index (χ1v) is 7.79. The van der Waals surface area contributed by atoms with Crippen molar-refractivity contribution in [1.82, 2.24) is 5.32 Å². The largest absolute Gasteiger partial charge is 0.310 e. The average Bonchev–Trinajstić information content (AvgIpc) is 2.94. The molecule has 1 N–H and O–H groups in total. The fourth-order valence-corrected chi connectivity index (χ4v) is 3.95. The Kier molecular flexibility index (Phi) is 4.27. The van der Waals surface area contributed by atoms with Gasteiger partial charge in [0.1, 0.15) is 0 Å². The molecule has 1 heterocycles. The van der Waals surface area contributed by atoms with Crippen molar-refractivity contribution in [2.45, 2.75) is 32.2 Å². The lowest BCUT2D eigenvalue weighted by molar-refractivity contribution is 0.493. The molecule has 0 aliphatic heterocycles. The molecule has 1 unspecified atom stereocenters. The summed E-state index contributed by atoms with van der Waals surface area (Å²) in [6, 6.07) is 2.79. The molecule has 1 fully saturated rings. The van der Waals surface area contributed by atoms with Crippen LogP contribution >= 0.6 is 43.2 Å². The van der Waals surface area contributed by atoms with Crippen LogP contribution in [0.5, 0.6) is 0 Å². The van der Waals surface area contributed by atoms with Gasteiger partial charge in [-0.1, -0.05) is 19.8 Å². The topological polar surface area (TPSA) is 12.0 Å². The van der Waals surface area contributed by atoms with Gasteiger partial charge in [-0.15, -0.1) is 11.3 Å². The van der Waals surface area contributed by atoms with Crippen molar-refractivity contribution < 1.29 is 0 Å². The predicted octanol–water partition coefficient (Wildman–Crippen LogP) is 4.72. The van der Waals surface area contributed by atoms with Crippen LogP contribution in [0.2, 0.25) is 0 Å². The number of nitrogens with one attached hydrogen (secondary N) is 1. The molecule has 1 aromatic heterocycles.